The molecule has 0 aliphatic carbocycles. The molecule has 0 amide bonds. The number of hydrogen-bond donors (Lipinski definition) is 1. The minimum absolute atomic E-state index is 0.169. The third kappa shape index (κ3) is 4.65. The average molecular weight is 237 g/mol. The van der Waals surface area contributed by atoms with Gasteiger partial charge in [-0.3, -0.25) is 4.79 Å². The Balaban J connectivity index is 2.75. The molecular weight excluding hydrogens is 217 g/mol. The zero-order valence-corrected chi connectivity index (χ0v) is 10.7. The van der Waals surface area contributed by atoms with Crippen LogP contribution in [0.25, 0.3) is 0 Å². The van der Waals surface area contributed by atoms with Crippen LogP contribution in [0.15, 0.2) is 24.3 Å². The molecule has 0 aliphatic rings. The van der Waals surface area contributed by atoms with Gasteiger partial charge in [-0.1, -0.05) is 32.9 Å². The van der Waals surface area contributed by atoms with Crippen LogP contribution in [0.2, 0.25) is 0 Å². The SMILES string of the molecule is CCC(=O)[C@H](Cc1cccc(F)c1)NC(C)C. The fourth-order valence-electron chi connectivity index (χ4n) is 1.81. The number of carbonyl (C=O) groups excluding carboxylic acids is 1. The van der Waals surface area contributed by atoms with E-state index < -0.39 is 0 Å². The molecule has 17 heavy (non-hydrogen) atoms. The van der Waals surface area contributed by atoms with Crippen LogP contribution in [0.1, 0.15) is 32.8 Å². The summed E-state index contributed by atoms with van der Waals surface area (Å²) in [5.74, 6) is -0.0855. The van der Waals surface area contributed by atoms with Crippen LogP contribution in [0, 0.1) is 5.82 Å². The Bertz CT molecular complexity index is 376. The van der Waals surface area contributed by atoms with Crippen molar-refractivity contribution in [3.63, 3.8) is 0 Å². The van der Waals surface area contributed by atoms with Crippen LogP contribution < -0.4 is 5.32 Å². The number of hydrogen-bond acceptors (Lipinski definition) is 2. The summed E-state index contributed by atoms with van der Waals surface area (Å²) in [6.07, 6.45) is 1.04. The van der Waals surface area contributed by atoms with E-state index >= 15 is 0 Å². The minimum Gasteiger partial charge on any atom is -0.305 e. The molecule has 2 nitrogen and oxygen atoms in total. The third-order valence-corrected chi connectivity index (χ3v) is 2.60. The summed E-state index contributed by atoms with van der Waals surface area (Å²) in [6.45, 7) is 5.85. The van der Waals surface area contributed by atoms with Crippen molar-refractivity contribution in [3.8, 4) is 0 Å². The number of Topliss-reactive ketones (excluding diaryl/α,β-unsaturated/α-hetero) is 1. The molecule has 1 rings (SSSR count). The van der Waals surface area contributed by atoms with Gasteiger partial charge < -0.3 is 5.32 Å². The summed E-state index contributed by atoms with van der Waals surface area (Å²) in [6, 6.07) is 6.44. The van der Waals surface area contributed by atoms with Crippen LogP contribution in [0.4, 0.5) is 4.39 Å². The lowest BCUT2D eigenvalue weighted by Gasteiger charge is -2.19. The second-order valence-corrected chi connectivity index (χ2v) is 4.53. The van der Waals surface area contributed by atoms with E-state index in [9.17, 15) is 9.18 Å². The van der Waals surface area contributed by atoms with Gasteiger partial charge in [-0.2, -0.15) is 0 Å². The lowest BCUT2D eigenvalue weighted by atomic mass is 10.0. The molecule has 0 aliphatic heterocycles. The fraction of sp³-hybridized carbons (Fsp3) is 0.500. The first kappa shape index (κ1) is 13.8. The average Bonchev–Trinajstić information content (AvgIpc) is 2.26. The van der Waals surface area contributed by atoms with Gasteiger partial charge in [0.25, 0.3) is 0 Å². The maximum Gasteiger partial charge on any atom is 0.149 e. The first-order chi connectivity index (χ1) is 8.02. The van der Waals surface area contributed by atoms with Gasteiger partial charge in [-0.25, -0.2) is 4.39 Å². The Labute approximate surface area is 102 Å². The van der Waals surface area contributed by atoms with E-state index in [0.29, 0.717) is 12.8 Å². The van der Waals surface area contributed by atoms with Gasteiger partial charge in [-0.15, -0.1) is 0 Å². The normalized spacial score (nSPS) is 12.8. The second kappa shape index (κ2) is 6.50. The van der Waals surface area contributed by atoms with Crippen molar-refractivity contribution in [1.82, 2.24) is 5.32 Å². The van der Waals surface area contributed by atoms with Gasteiger partial charge in [0, 0.05) is 12.5 Å². The number of halogens is 1. The van der Waals surface area contributed by atoms with Crippen molar-refractivity contribution in [1.29, 1.82) is 0 Å². The molecule has 94 valence electrons. The van der Waals surface area contributed by atoms with Crippen LogP contribution >= 0.6 is 0 Å². The van der Waals surface area contributed by atoms with Gasteiger partial charge >= 0.3 is 0 Å². The lowest BCUT2D eigenvalue weighted by molar-refractivity contribution is -0.120. The Morgan fingerprint density at radius 3 is 2.65 bits per heavy atom. The van der Waals surface area contributed by atoms with E-state index in [-0.39, 0.29) is 23.7 Å². The highest BCUT2D eigenvalue weighted by Crippen LogP contribution is 2.08. The van der Waals surface area contributed by atoms with Crippen LogP contribution in [-0.2, 0) is 11.2 Å². The zero-order valence-electron chi connectivity index (χ0n) is 10.7. The maximum absolute atomic E-state index is 13.1. The molecule has 0 fully saturated rings. The Morgan fingerprint density at radius 2 is 2.12 bits per heavy atom. The van der Waals surface area contributed by atoms with E-state index in [1.54, 1.807) is 6.07 Å². The first-order valence-electron chi connectivity index (χ1n) is 6.06. The standard InChI is InChI=1S/C14H20FNO/c1-4-14(17)13(16-10(2)3)9-11-6-5-7-12(15)8-11/h5-8,10,13,16H,4,9H2,1-3H3/t13-/m0/s1. The molecule has 0 radical (unpaired) electrons. The molecule has 1 aromatic rings. The van der Waals surface area contributed by atoms with Crippen molar-refractivity contribution >= 4 is 5.78 Å². The summed E-state index contributed by atoms with van der Waals surface area (Å²) in [5.41, 5.74) is 0.852. The molecule has 1 N–H and O–H groups in total. The number of benzene rings is 1. The lowest BCUT2D eigenvalue weighted by Crippen LogP contribution is -2.42. The highest BCUT2D eigenvalue weighted by molar-refractivity contribution is 5.84. The molecule has 3 heteroatoms. The summed E-state index contributed by atoms with van der Waals surface area (Å²) in [7, 11) is 0. The Morgan fingerprint density at radius 1 is 1.41 bits per heavy atom. The fourth-order valence-corrected chi connectivity index (χ4v) is 1.81. The predicted molar refractivity (Wildman–Crippen MR) is 67.5 cm³/mol. The molecule has 0 heterocycles. The third-order valence-electron chi connectivity index (χ3n) is 2.60. The molecule has 0 bridgehead atoms. The molecule has 0 spiro atoms. The van der Waals surface area contributed by atoms with E-state index in [1.807, 2.05) is 26.8 Å². The Kier molecular flexibility index (Phi) is 5.29. The highest BCUT2D eigenvalue weighted by atomic mass is 19.1. The molecular formula is C14H20FNO. The molecule has 0 aromatic heterocycles. The minimum atomic E-state index is -0.255. The first-order valence-corrected chi connectivity index (χ1v) is 6.06. The highest BCUT2D eigenvalue weighted by Gasteiger charge is 2.17. The monoisotopic (exact) mass is 237 g/mol. The Hall–Kier alpha value is -1.22. The topological polar surface area (TPSA) is 29.1 Å². The van der Waals surface area contributed by atoms with Crippen molar-refractivity contribution in [2.24, 2.45) is 0 Å². The molecule has 0 saturated carbocycles. The van der Waals surface area contributed by atoms with Crippen LogP contribution in [-0.4, -0.2) is 17.9 Å². The molecule has 0 unspecified atom stereocenters. The predicted octanol–water partition coefficient (Wildman–Crippen LogP) is 2.71. The summed E-state index contributed by atoms with van der Waals surface area (Å²) in [4.78, 5) is 11.8. The van der Waals surface area contributed by atoms with E-state index in [0.717, 1.165) is 5.56 Å². The molecule has 1 aromatic carbocycles. The summed E-state index contributed by atoms with van der Waals surface area (Å²) in [5, 5.41) is 3.23. The van der Waals surface area contributed by atoms with Gasteiger partial charge in [0.15, 0.2) is 0 Å². The number of carbonyl (C=O) groups is 1. The second-order valence-electron chi connectivity index (χ2n) is 4.53. The molecule has 0 saturated heterocycles. The van der Waals surface area contributed by atoms with E-state index in [2.05, 4.69) is 5.32 Å². The largest absolute Gasteiger partial charge is 0.305 e. The smallest absolute Gasteiger partial charge is 0.149 e. The van der Waals surface area contributed by atoms with Crippen molar-refractivity contribution in [2.45, 2.75) is 45.7 Å². The van der Waals surface area contributed by atoms with Crippen LogP contribution in [0.5, 0.6) is 0 Å². The van der Waals surface area contributed by atoms with Gasteiger partial charge in [0.05, 0.1) is 6.04 Å². The molecule has 1 atom stereocenters. The quantitative estimate of drug-likeness (QED) is 0.824. The van der Waals surface area contributed by atoms with Gasteiger partial charge in [0.1, 0.15) is 11.6 Å². The van der Waals surface area contributed by atoms with E-state index in [1.165, 1.54) is 12.1 Å². The zero-order chi connectivity index (χ0) is 12.8. The van der Waals surface area contributed by atoms with Crippen molar-refractivity contribution in [3.05, 3.63) is 35.6 Å². The van der Waals surface area contributed by atoms with E-state index in [4.69, 9.17) is 0 Å². The number of ketones is 1. The summed E-state index contributed by atoms with van der Waals surface area (Å²) < 4.78 is 13.1. The van der Waals surface area contributed by atoms with Gasteiger partial charge in [-0.05, 0) is 24.1 Å². The van der Waals surface area contributed by atoms with Crippen molar-refractivity contribution in [2.75, 3.05) is 0 Å². The number of rotatable bonds is 6. The maximum atomic E-state index is 13.1. The number of nitrogens with one attached hydrogen (secondary N) is 1. The van der Waals surface area contributed by atoms with Crippen molar-refractivity contribution < 1.29 is 9.18 Å². The summed E-state index contributed by atoms with van der Waals surface area (Å²) >= 11 is 0. The van der Waals surface area contributed by atoms with Crippen LogP contribution in [0.3, 0.4) is 0 Å². The van der Waals surface area contributed by atoms with Gasteiger partial charge in [0.2, 0.25) is 0 Å².